The number of nitrogens with zero attached hydrogens (tertiary/aromatic N) is 4. The molecule has 9 heteroatoms. The minimum atomic E-state index is -3.88. The van der Waals surface area contributed by atoms with E-state index in [-0.39, 0.29) is 30.1 Å². The van der Waals surface area contributed by atoms with Gasteiger partial charge in [0, 0.05) is 49.6 Å². The molecule has 1 aliphatic heterocycles. The number of sulfonamides is 1. The van der Waals surface area contributed by atoms with Crippen molar-refractivity contribution in [1.82, 2.24) is 19.2 Å². The Labute approximate surface area is 219 Å². The summed E-state index contributed by atoms with van der Waals surface area (Å²) < 4.78 is 35.2. The summed E-state index contributed by atoms with van der Waals surface area (Å²) in [6.45, 7) is 4.89. The molecular formula is C28H34N4O4S. The van der Waals surface area contributed by atoms with Crippen molar-refractivity contribution in [3.05, 3.63) is 83.9 Å². The average Bonchev–Trinajstić information content (AvgIpc) is 2.90. The standard InChI is InChI=1S/C28H34N4O4S/c1-21-16-32(22(2)19-33)37(34,35)28-12-11-24(10-9-23-7-5-4-6-8-23)13-26(28)36-27(21)18-31(3)17-25-14-29-20-30-15-25/h4-15,20-22,27,33H,16-19H2,1-3H3/b10-9+/t21-,22+,27-/m0/s1. The molecule has 0 unspecified atom stereocenters. The Bertz CT molecular complexity index is 1300. The number of hydrogen-bond acceptors (Lipinski definition) is 7. The number of fused-ring (bicyclic) bond motifs is 1. The van der Waals surface area contributed by atoms with E-state index in [2.05, 4.69) is 14.9 Å². The minimum absolute atomic E-state index is 0.112. The van der Waals surface area contributed by atoms with E-state index in [9.17, 15) is 13.5 Å². The van der Waals surface area contributed by atoms with Crippen LogP contribution in [-0.2, 0) is 16.6 Å². The molecule has 196 valence electrons. The van der Waals surface area contributed by atoms with Crippen LogP contribution in [0.4, 0.5) is 0 Å². The van der Waals surface area contributed by atoms with Gasteiger partial charge in [0.15, 0.2) is 0 Å². The van der Waals surface area contributed by atoms with E-state index < -0.39 is 16.1 Å². The van der Waals surface area contributed by atoms with Gasteiger partial charge in [0.2, 0.25) is 10.0 Å². The summed E-state index contributed by atoms with van der Waals surface area (Å²) in [5, 5.41) is 9.85. The smallest absolute Gasteiger partial charge is 0.247 e. The predicted octanol–water partition coefficient (Wildman–Crippen LogP) is 3.55. The van der Waals surface area contributed by atoms with E-state index in [1.165, 1.54) is 10.6 Å². The van der Waals surface area contributed by atoms with Crippen LogP contribution in [0.25, 0.3) is 12.2 Å². The van der Waals surface area contributed by atoms with Crippen LogP contribution in [0.3, 0.4) is 0 Å². The second-order valence-electron chi connectivity index (χ2n) is 9.63. The molecule has 0 radical (unpaired) electrons. The monoisotopic (exact) mass is 522 g/mol. The highest BCUT2D eigenvalue weighted by Crippen LogP contribution is 2.34. The molecule has 1 aliphatic rings. The van der Waals surface area contributed by atoms with Gasteiger partial charge >= 0.3 is 0 Å². The van der Waals surface area contributed by atoms with Gasteiger partial charge in [0.1, 0.15) is 23.1 Å². The Morgan fingerprint density at radius 1 is 1.14 bits per heavy atom. The molecule has 37 heavy (non-hydrogen) atoms. The van der Waals surface area contributed by atoms with Gasteiger partial charge < -0.3 is 9.84 Å². The number of rotatable bonds is 8. The van der Waals surface area contributed by atoms with Crippen molar-refractivity contribution < 1.29 is 18.3 Å². The summed E-state index contributed by atoms with van der Waals surface area (Å²) in [6, 6.07) is 14.5. The van der Waals surface area contributed by atoms with Crippen LogP contribution in [0.5, 0.6) is 5.75 Å². The molecule has 0 saturated carbocycles. The van der Waals surface area contributed by atoms with E-state index in [4.69, 9.17) is 4.74 Å². The summed E-state index contributed by atoms with van der Waals surface area (Å²) in [7, 11) is -1.88. The first-order valence-electron chi connectivity index (χ1n) is 12.4. The number of ether oxygens (including phenoxy) is 1. The Morgan fingerprint density at radius 2 is 1.84 bits per heavy atom. The summed E-state index contributed by atoms with van der Waals surface area (Å²) in [5.74, 6) is 0.188. The second kappa shape index (κ2) is 12.0. The molecule has 1 N–H and O–H groups in total. The van der Waals surface area contributed by atoms with E-state index in [0.29, 0.717) is 18.8 Å². The third-order valence-corrected chi connectivity index (χ3v) is 8.54. The Morgan fingerprint density at radius 3 is 2.54 bits per heavy atom. The number of hydrogen-bond donors (Lipinski definition) is 1. The lowest BCUT2D eigenvalue weighted by atomic mass is 10.0. The molecule has 0 spiro atoms. The number of aliphatic hydroxyl groups excluding tert-OH is 1. The molecule has 2 heterocycles. The molecular weight excluding hydrogens is 488 g/mol. The third kappa shape index (κ3) is 6.61. The zero-order valence-corrected chi connectivity index (χ0v) is 22.3. The molecule has 3 atom stereocenters. The zero-order chi connectivity index (χ0) is 26.4. The normalized spacial score (nSPS) is 20.7. The largest absolute Gasteiger partial charge is 0.487 e. The van der Waals surface area contributed by atoms with Crippen molar-refractivity contribution in [2.75, 3.05) is 26.7 Å². The highest BCUT2D eigenvalue weighted by Gasteiger charge is 2.38. The van der Waals surface area contributed by atoms with Gasteiger partial charge in [0.25, 0.3) is 0 Å². The van der Waals surface area contributed by atoms with Gasteiger partial charge in [-0.2, -0.15) is 4.31 Å². The maximum Gasteiger partial charge on any atom is 0.247 e. The molecule has 2 aromatic carbocycles. The highest BCUT2D eigenvalue weighted by atomic mass is 32.2. The van der Waals surface area contributed by atoms with E-state index in [1.54, 1.807) is 37.5 Å². The quantitative estimate of drug-likeness (QED) is 0.452. The molecule has 0 saturated heterocycles. The van der Waals surface area contributed by atoms with Crippen LogP contribution in [0.2, 0.25) is 0 Å². The first kappa shape index (κ1) is 26.9. The molecule has 3 aromatic rings. The van der Waals surface area contributed by atoms with E-state index >= 15 is 0 Å². The van der Waals surface area contributed by atoms with Crippen molar-refractivity contribution in [3.63, 3.8) is 0 Å². The van der Waals surface area contributed by atoms with E-state index in [0.717, 1.165) is 16.7 Å². The molecule has 0 fully saturated rings. The molecule has 0 amide bonds. The summed E-state index contributed by atoms with van der Waals surface area (Å²) in [5.41, 5.74) is 2.86. The predicted molar refractivity (Wildman–Crippen MR) is 144 cm³/mol. The Balaban J connectivity index is 1.68. The summed E-state index contributed by atoms with van der Waals surface area (Å²) in [4.78, 5) is 10.4. The SMILES string of the molecule is C[C@H](CO)N1C[C@H](C)[C@H](CN(C)Cc2cncnc2)Oc2cc(/C=C/c3ccccc3)ccc2S1(=O)=O. The fraction of sp³-hybridized carbons (Fsp3) is 0.357. The minimum Gasteiger partial charge on any atom is -0.487 e. The number of aromatic nitrogens is 2. The van der Waals surface area contributed by atoms with Crippen LogP contribution >= 0.6 is 0 Å². The first-order valence-corrected chi connectivity index (χ1v) is 13.8. The third-order valence-electron chi connectivity index (χ3n) is 6.52. The highest BCUT2D eigenvalue weighted by molar-refractivity contribution is 7.89. The van der Waals surface area contributed by atoms with Crippen molar-refractivity contribution in [1.29, 1.82) is 0 Å². The summed E-state index contributed by atoms with van der Waals surface area (Å²) >= 11 is 0. The summed E-state index contributed by atoms with van der Waals surface area (Å²) in [6.07, 6.45) is 8.70. The topological polar surface area (TPSA) is 95.9 Å². The first-order chi connectivity index (χ1) is 17.8. The second-order valence-corrected chi connectivity index (χ2v) is 11.5. The van der Waals surface area contributed by atoms with Crippen LogP contribution in [0.15, 0.2) is 72.1 Å². The average molecular weight is 523 g/mol. The maximum absolute atomic E-state index is 13.7. The van der Waals surface area contributed by atoms with E-state index in [1.807, 2.05) is 56.5 Å². The van der Waals surface area contributed by atoms with Crippen molar-refractivity contribution in [2.24, 2.45) is 5.92 Å². The van der Waals surface area contributed by atoms with Crippen LogP contribution in [0.1, 0.15) is 30.5 Å². The fourth-order valence-corrected chi connectivity index (χ4v) is 6.24. The van der Waals surface area contributed by atoms with Crippen LogP contribution in [-0.4, -0.2) is 71.6 Å². The van der Waals surface area contributed by atoms with Gasteiger partial charge in [-0.05, 0) is 37.2 Å². The van der Waals surface area contributed by atoms with Crippen molar-refractivity contribution in [3.8, 4) is 5.75 Å². The molecule has 0 bridgehead atoms. The van der Waals surface area contributed by atoms with Crippen molar-refractivity contribution >= 4 is 22.2 Å². The molecule has 0 aliphatic carbocycles. The molecule has 8 nitrogen and oxygen atoms in total. The lowest BCUT2D eigenvalue weighted by Crippen LogP contribution is -2.49. The zero-order valence-electron chi connectivity index (χ0n) is 21.4. The van der Waals surface area contributed by atoms with Gasteiger partial charge in [-0.25, -0.2) is 18.4 Å². The van der Waals surface area contributed by atoms with Crippen molar-refractivity contribution in [2.45, 2.75) is 37.4 Å². The number of likely N-dealkylation sites (N-methyl/N-ethyl adjacent to an activating group) is 1. The fourth-order valence-electron chi connectivity index (χ4n) is 4.42. The van der Waals surface area contributed by atoms with Crippen LogP contribution < -0.4 is 4.74 Å². The lowest BCUT2D eigenvalue weighted by molar-refractivity contribution is 0.0733. The van der Waals surface area contributed by atoms with Gasteiger partial charge in [0.05, 0.1) is 6.61 Å². The van der Waals surface area contributed by atoms with Crippen LogP contribution in [0, 0.1) is 5.92 Å². The van der Waals surface area contributed by atoms with Gasteiger partial charge in [-0.15, -0.1) is 0 Å². The number of benzene rings is 2. The number of aliphatic hydroxyl groups is 1. The molecule has 1 aromatic heterocycles. The Kier molecular flexibility index (Phi) is 8.71. The lowest BCUT2D eigenvalue weighted by Gasteiger charge is -2.37. The van der Waals surface area contributed by atoms with Gasteiger partial charge in [-0.3, -0.25) is 4.90 Å². The van der Waals surface area contributed by atoms with Gasteiger partial charge in [-0.1, -0.05) is 55.5 Å². The maximum atomic E-state index is 13.7. The molecule has 4 rings (SSSR count). The Hall–Kier alpha value is -3.11.